The van der Waals surface area contributed by atoms with E-state index in [0.717, 1.165) is 25.0 Å². The molecule has 1 heterocycles. The fourth-order valence-electron chi connectivity index (χ4n) is 1.95. The number of carbonyl (C=O) groups excluding carboxylic acids is 1. The van der Waals surface area contributed by atoms with Crippen LogP contribution in [0.15, 0.2) is 12.1 Å². The molecular weight excluding hydrogens is 279 g/mol. The Hall–Kier alpha value is -1.33. The van der Waals surface area contributed by atoms with Crippen molar-refractivity contribution in [3.63, 3.8) is 0 Å². The molecule has 1 aliphatic heterocycles. The number of hydrogen-bond donors (Lipinski definition) is 0. The van der Waals surface area contributed by atoms with Crippen LogP contribution in [-0.2, 0) is 0 Å². The van der Waals surface area contributed by atoms with Crippen LogP contribution in [0.3, 0.4) is 0 Å². The fraction of sp³-hybridized carbons (Fsp3) is 0.364. The number of non-ortho nitro benzene ring substituents is 1. The van der Waals surface area contributed by atoms with Gasteiger partial charge in [-0.1, -0.05) is 23.2 Å². The number of nitrogens with zero attached hydrogens (tertiary/aromatic N) is 2. The minimum atomic E-state index is -0.595. The Kier molecular flexibility index (Phi) is 3.73. The van der Waals surface area contributed by atoms with E-state index in [1.54, 1.807) is 4.90 Å². The second kappa shape index (κ2) is 5.12. The van der Waals surface area contributed by atoms with Gasteiger partial charge < -0.3 is 4.90 Å². The molecule has 0 atom stereocenters. The van der Waals surface area contributed by atoms with Gasteiger partial charge in [0.05, 0.1) is 20.5 Å². The van der Waals surface area contributed by atoms with Crippen molar-refractivity contribution in [2.24, 2.45) is 0 Å². The molecule has 0 spiro atoms. The monoisotopic (exact) mass is 288 g/mol. The highest BCUT2D eigenvalue weighted by Gasteiger charge is 2.25. The van der Waals surface area contributed by atoms with E-state index in [-0.39, 0.29) is 27.2 Å². The number of carbonyl (C=O) groups is 1. The van der Waals surface area contributed by atoms with Gasteiger partial charge in [0.1, 0.15) is 0 Å². The van der Waals surface area contributed by atoms with E-state index in [0.29, 0.717) is 13.1 Å². The number of nitro groups is 1. The van der Waals surface area contributed by atoms with Crippen molar-refractivity contribution in [1.82, 2.24) is 4.90 Å². The van der Waals surface area contributed by atoms with Crippen LogP contribution in [0.1, 0.15) is 23.2 Å². The molecule has 0 N–H and O–H groups in total. The van der Waals surface area contributed by atoms with Gasteiger partial charge in [-0.3, -0.25) is 14.9 Å². The van der Waals surface area contributed by atoms with Crippen LogP contribution in [0.4, 0.5) is 5.69 Å². The number of benzene rings is 1. The third kappa shape index (κ3) is 2.42. The molecule has 1 aliphatic rings. The quantitative estimate of drug-likeness (QED) is 0.620. The average molecular weight is 289 g/mol. The molecule has 1 aromatic carbocycles. The van der Waals surface area contributed by atoms with Gasteiger partial charge in [0, 0.05) is 25.2 Å². The Balaban J connectivity index is 2.38. The van der Waals surface area contributed by atoms with Crippen LogP contribution in [0, 0.1) is 10.1 Å². The summed E-state index contributed by atoms with van der Waals surface area (Å²) in [5.74, 6) is -0.266. The standard InChI is InChI=1S/C11H10Cl2N2O3/c12-8-5-7(15(17)18)6-9(13)10(8)11(16)14-3-1-2-4-14/h5-6H,1-4H2. The van der Waals surface area contributed by atoms with Crippen molar-refractivity contribution in [3.05, 3.63) is 37.9 Å². The minimum absolute atomic E-state index is 0.0195. The van der Waals surface area contributed by atoms with E-state index in [4.69, 9.17) is 23.2 Å². The zero-order valence-electron chi connectivity index (χ0n) is 9.36. The van der Waals surface area contributed by atoms with Gasteiger partial charge >= 0.3 is 0 Å². The Bertz CT molecular complexity index is 490. The van der Waals surface area contributed by atoms with Crippen molar-refractivity contribution in [2.45, 2.75) is 12.8 Å². The number of likely N-dealkylation sites (tertiary alicyclic amines) is 1. The molecule has 18 heavy (non-hydrogen) atoms. The number of halogens is 2. The maximum atomic E-state index is 12.2. The molecule has 1 aromatic rings. The summed E-state index contributed by atoms with van der Waals surface area (Å²) in [5, 5.41) is 10.7. The Morgan fingerprint density at radius 3 is 2.17 bits per heavy atom. The van der Waals surface area contributed by atoms with E-state index < -0.39 is 4.92 Å². The van der Waals surface area contributed by atoms with Crippen LogP contribution < -0.4 is 0 Å². The first-order valence-corrected chi connectivity index (χ1v) is 6.19. The number of rotatable bonds is 2. The molecule has 0 aromatic heterocycles. The molecule has 7 heteroatoms. The first-order valence-electron chi connectivity index (χ1n) is 5.43. The van der Waals surface area contributed by atoms with Crippen molar-refractivity contribution in [2.75, 3.05) is 13.1 Å². The predicted octanol–water partition coefficient (Wildman–Crippen LogP) is 3.14. The molecule has 1 fully saturated rings. The topological polar surface area (TPSA) is 63.4 Å². The van der Waals surface area contributed by atoms with Crippen molar-refractivity contribution in [1.29, 1.82) is 0 Å². The van der Waals surface area contributed by atoms with E-state index >= 15 is 0 Å². The summed E-state index contributed by atoms with van der Waals surface area (Å²) in [4.78, 5) is 23.8. The van der Waals surface area contributed by atoms with Crippen LogP contribution in [0.2, 0.25) is 10.0 Å². The second-order valence-corrected chi connectivity index (χ2v) is 4.86. The van der Waals surface area contributed by atoms with E-state index in [1.807, 2.05) is 0 Å². The molecule has 96 valence electrons. The molecule has 0 saturated carbocycles. The highest BCUT2D eigenvalue weighted by molar-refractivity contribution is 6.40. The maximum absolute atomic E-state index is 12.2. The first-order chi connectivity index (χ1) is 8.50. The van der Waals surface area contributed by atoms with Crippen LogP contribution in [-0.4, -0.2) is 28.8 Å². The van der Waals surface area contributed by atoms with Crippen molar-refractivity contribution < 1.29 is 9.72 Å². The number of hydrogen-bond acceptors (Lipinski definition) is 3. The normalized spacial score (nSPS) is 14.9. The molecule has 1 saturated heterocycles. The summed E-state index contributed by atoms with van der Waals surface area (Å²) in [6, 6.07) is 2.30. The predicted molar refractivity (Wildman–Crippen MR) is 68.3 cm³/mol. The lowest BCUT2D eigenvalue weighted by Crippen LogP contribution is -2.28. The molecule has 0 bridgehead atoms. The first kappa shape index (κ1) is 13.1. The molecule has 0 unspecified atom stereocenters. The Morgan fingerprint density at radius 1 is 1.22 bits per heavy atom. The summed E-state index contributed by atoms with van der Waals surface area (Å²) >= 11 is 11.8. The van der Waals surface area contributed by atoms with E-state index in [9.17, 15) is 14.9 Å². The van der Waals surface area contributed by atoms with Gasteiger partial charge in [-0.25, -0.2) is 0 Å². The summed E-state index contributed by atoms with van der Waals surface area (Å²) in [5.41, 5.74) is -0.0752. The third-order valence-electron chi connectivity index (χ3n) is 2.84. The van der Waals surface area contributed by atoms with E-state index in [1.165, 1.54) is 0 Å². The molecule has 0 radical (unpaired) electrons. The van der Waals surface area contributed by atoms with Gasteiger partial charge in [-0.2, -0.15) is 0 Å². The zero-order valence-corrected chi connectivity index (χ0v) is 10.9. The van der Waals surface area contributed by atoms with Gasteiger partial charge in [0.25, 0.3) is 11.6 Å². The van der Waals surface area contributed by atoms with Gasteiger partial charge in [-0.05, 0) is 12.8 Å². The van der Waals surface area contributed by atoms with Crippen LogP contribution in [0.5, 0.6) is 0 Å². The molecule has 1 amide bonds. The van der Waals surface area contributed by atoms with Crippen molar-refractivity contribution >= 4 is 34.8 Å². The van der Waals surface area contributed by atoms with Gasteiger partial charge in [-0.15, -0.1) is 0 Å². The summed E-state index contributed by atoms with van der Waals surface area (Å²) in [6.45, 7) is 1.34. The summed E-state index contributed by atoms with van der Waals surface area (Å²) in [6.07, 6.45) is 1.90. The van der Waals surface area contributed by atoms with Gasteiger partial charge in [0.15, 0.2) is 0 Å². The maximum Gasteiger partial charge on any atom is 0.272 e. The Labute approximate surface area is 113 Å². The Morgan fingerprint density at radius 2 is 1.72 bits per heavy atom. The smallest absolute Gasteiger partial charge is 0.272 e. The van der Waals surface area contributed by atoms with Gasteiger partial charge in [0.2, 0.25) is 0 Å². The fourth-order valence-corrected chi connectivity index (χ4v) is 2.59. The average Bonchev–Trinajstić information content (AvgIpc) is 2.80. The summed E-state index contributed by atoms with van der Waals surface area (Å²) in [7, 11) is 0. The van der Waals surface area contributed by atoms with Crippen LogP contribution in [0.25, 0.3) is 0 Å². The van der Waals surface area contributed by atoms with Crippen LogP contribution >= 0.6 is 23.2 Å². The molecular formula is C11H10Cl2N2O3. The highest BCUT2D eigenvalue weighted by atomic mass is 35.5. The SMILES string of the molecule is O=C(c1c(Cl)cc([N+](=O)[O-])cc1Cl)N1CCCC1. The van der Waals surface area contributed by atoms with Crippen molar-refractivity contribution in [3.8, 4) is 0 Å². The zero-order chi connectivity index (χ0) is 13.3. The number of nitro benzene ring substituents is 1. The molecule has 0 aliphatic carbocycles. The lowest BCUT2D eigenvalue weighted by Gasteiger charge is -2.16. The third-order valence-corrected chi connectivity index (χ3v) is 3.44. The van der Waals surface area contributed by atoms with E-state index in [2.05, 4.69) is 0 Å². The number of amides is 1. The lowest BCUT2D eigenvalue weighted by molar-refractivity contribution is -0.384. The highest BCUT2D eigenvalue weighted by Crippen LogP contribution is 2.31. The lowest BCUT2D eigenvalue weighted by atomic mass is 10.1. The minimum Gasteiger partial charge on any atom is -0.339 e. The summed E-state index contributed by atoms with van der Waals surface area (Å²) < 4.78 is 0. The molecule has 2 rings (SSSR count). The molecule has 5 nitrogen and oxygen atoms in total. The second-order valence-electron chi connectivity index (χ2n) is 4.04. The largest absolute Gasteiger partial charge is 0.339 e.